The van der Waals surface area contributed by atoms with Crippen LogP contribution in [-0.4, -0.2) is 17.5 Å². The molecule has 2 aromatic rings. The van der Waals surface area contributed by atoms with Crippen LogP contribution in [0.15, 0.2) is 24.3 Å². The Morgan fingerprint density at radius 3 is 1.86 bits per heavy atom. The first-order chi connectivity index (χ1) is 16.8. The number of hydrogen-bond acceptors (Lipinski definition) is 2. The van der Waals surface area contributed by atoms with Gasteiger partial charge in [0, 0.05) is 17.0 Å². The maximum absolute atomic E-state index is 15.1. The fourth-order valence-electron chi connectivity index (χ4n) is 6.03. The van der Waals surface area contributed by atoms with Crippen LogP contribution in [0, 0.1) is 29.2 Å². The number of aliphatic hydroxyl groups excluding tert-OH is 1. The third kappa shape index (κ3) is 5.43. The molecular formula is C29H36F4O2. The predicted molar refractivity (Wildman–Crippen MR) is 129 cm³/mol. The summed E-state index contributed by atoms with van der Waals surface area (Å²) < 4.78 is 66.0. The number of hydrogen-bond donors (Lipinski definition) is 1. The maximum atomic E-state index is 15.1. The van der Waals surface area contributed by atoms with Gasteiger partial charge in [0.25, 0.3) is 0 Å². The zero-order valence-corrected chi connectivity index (χ0v) is 20.6. The molecule has 0 bridgehead atoms. The molecule has 2 aromatic carbocycles. The topological polar surface area (TPSA) is 29.5 Å². The Morgan fingerprint density at radius 2 is 1.29 bits per heavy atom. The molecule has 1 aliphatic carbocycles. The SMILES string of the molecule is CCCC1CCC(c2ccc(-c3ccc(C4CCC(CCC)OC4O)c(F)c3F)c(F)c2F)CC1. The van der Waals surface area contributed by atoms with E-state index in [1.807, 2.05) is 6.92 Å². The van der Waals surface area contributed by atoms with Crippen molar-refractivity contribution in [3.63, 3.8) is 0 Å². The molecule has 1 N–H and O–H groups in total. The van der Waals surface area contributed by atoms with Gasteiger partial charge in [-0.3, -0.25) is 0 Å². The quantitative estimate of drug-likeness (QED) is 0.394. The van der Waals surface area contributed by atoms with Crippen LogP contribution in [0.4, 0.5) is 17.6 Å². The second-order valence-corrected chi connectivity index (χ2v) is 10.3. The number of ether oxygens (including phenoxy) is 1. The molecule has 35 heavy (non-hydrogen) atoms. The fourth-order valence-corrected chi connectivity index (χ4v) is 6.03. The van der Waals surface area contributed by atoms with E-state index < -0.39 is 35.5 Å². The Labute approximate surface area is 205 Å². The minimum absolute atomic E-state index is 0.00459. The van der Waals surface area contributed by atoms with Gasteiger partial charge >= 0.3 is 0 Å². The third-order valence-electron chi connectivity index (χ3n) is 7.98. The van der Waals surface area contributed by atoms with E-state index in [4.69, 9.17) is 4.74 Å². The smallest absolute Gasteiger partial charge is 0.167 e. The lowest BCUT2D eigenvalue weighted by Gasteiger charge is -2.34. The number of rotatable bonds is 7. The summed E-state index contributed by atoms with van der Waals surface area (Å²) in [5.41, 5.74) is -0.300. The van der Waals surface area contributed by atoms with Gasteiger partial charge in [-0.2, -0.15) is 0 Å². The first-order valence-electron chi connectivity index (χ1n) is 13.1. The lowest BCUT2D eigenvalue weighted by Crippen LogP contribution is -2.34. The van der Waals surface area contributed by atoms with Crippen LogP contribution >= 0.6 is 0 Å². The molecule has 2 nitrogen and oxygen atoms in total. The highest BCUT2D eigenvalue weighted by atomic mass is 19.2. The van der Waals surface area contributed by atoms with Crippen molar-refractivity contribution in [1.82, 2.24) is 0 Å². The monoisotopic (exact) mass is 492 g/mol. The predicted octanol–water partition coefficient (Wildman–Crippen LogP) is 8.37. The van der Waals surface area contributed by atoms with Crippen LogP contribution in [0.5, 0.6) is 0 Å². The molecule has 1 saturated carbocycles. The van der Waals surface area contributed by atoms with Gasteiger partial charge in [0.1, 0.15) is 0 Å². The maximum Gasteiger partial charge on any atom is 0.167 e. The zero-order valence-electron chi connectivity index (χ0n) is 20.6. The van der Waals surface area contributed by atoms with Gasteiger partial charge in [-0.15, -0.1) is 0 Å². The summed E-state index contributed by atoms with van der Waals surface area (Å²) >= 11 is 0. The molecule has 4 rings (SSSR count). The summed E-state index contributed by atoms with van der Waals surface area (Å²) in [6.45, 7) is 4.17. The summed E-state index contributed by atoms with van der Waals surface area (Å²) in [5, 5.41) is 10.4. The van der Waals surface area contributed by atoms with Gasteiger partial charge < -0.3 is 9.84 Å². The summed E-state index contributed by atoms with van der Waals surface area (Å²) in [7, 11) is 0. The molecule has 2 aliphatic rings. The summed E-state index contributed by atoms with van der Waals surface area (Å²) in [6, 6.07) is 5.51. The largest absolute Gasteiger partial charge is 0.367 e. The van der Waals surface area contributed by atoms with Gasteiger partial charge in [0.05, 0.1) is 6.10 Å². The molecule has 0 amide bonds. The van der Waals surface area contributed by atoms with E-state index in [0.29, 0.717) is 24.3 Å². The first kappa shape index (κ1) is 26.2. The molecule has 0 aromatic heterocycles. The summed E-state index contributed by atoms with van der Waals surface area (Å²) in [5.74, 6) is -4.63. The Morgan fingerprint density at radius 1 is 0.714 bits per heavy atom. The highest BCUT2D eigenvalue weighted by molar-refractivity contribution is 5.66. The van der Waals surface area contributed by atoms with Crippen molar-refractivity contribution in [2.45, 2.75) is 102 Å². The Balaban J connectivity index is 1.56. The fraction of sp³-hybridized carbons (Fsp3) is 0.586. The van der Waals surface area contributed by atoms with E-state index in [1.54, 1.807) is 0 Å². The van der Waals surface area contributed by atoms with Crippen molar-refractivity contribution in [3.8, 4) is 11.1 Å². The molecule has 0 spiro atoms. The molecule has 3 unspecified atom stereocenters. The van der Waals surface area contributed by atoms with E-state index in [2.05, 4.69) is 6.92 Å². The third-order valence-corrected chi connectivity index (χ3v) is 7.98. The second-order valence-electron chi connectivity index (χ2n) is 10.3. The Kier molecular flexibility index (Phi) is 8.54. The van der Waals surface area contributed by atoms with Crippen molar-refractivity contribution in [2.24, 2.45) is 5.92 Å². The summed E-state index contributed by atoms with van der Waals surface area (Å²) in [4.78, 5) is 0. The highest BCUT2D eigenvalue weighted by Gasteiger charge is 2.34. The van der Waals surface area contributed by atoms with E-state index in [0.717, 1.165) is 51.4 Å². The molecular weight excluding hydrogens is 456 g/mol. The minimum Gasteiger partial charge on any atom is -0.367 e. The summed E-state index contributed by atoms with van der Waals surface area (Å²) in [6.07, 6.45) is 7.35. The number of aliphatic hydroxyl groups is 1. The van der Waals surface area contributed by atoms with Crippen LogP contribution in [0.2, 0.25) is 0 Å². The van der Waals surface area contributed by atoms with Gasteiger partial charge in [0.2, 0.25) is 0 Å². The van der Waals surface area contributed by atoms with Crippen LogP contribution in [0.25, 0.3) is 11.1 Å². The van der Waals surface area contributed by atoms with Crippen molar-refractivity contribution in [1.29, 1.82) is 0 Å². The van der Waals surface area contributed by atoms with Gasteiger partial charge in [0.15, 0.2) is 29.6 Å². The number of halogens is 4. The van der Waals surface area contributed by atoms with Gasteiger partial charge in [-0.25, -0.2) is 17.6 Å². The zero-order chi connectivity index (χ0) is 25.1. The molecule has 1 heterocycles. The van der Waals surface area contributed by atoms with Crippen LogP contribution in [0.3, 0.4) is 0 Å². The average molecular weight is 493 g/mol. The Hall–Kier alpha value is -1.92. The highest BCUT2D eigenvalue weighted by Crippen LogP contribution is 2.41. The molecule has 1 aliphatic heterocycles. The van der Waals surface area contributed by atoms with Crippen molar-refractivity contribution in [3.05, 3.63) is 58.7 Å². The van der Waals surface area contributed by atoms with E-state index in [9.17, 15) is 5.11 Å². The van der Waals surface area contributed by atoms with E-state index >= 15 is 17.6 Å². The minimum atomic E-state index is -1.24. The van der Waals surface area contributed by atoms with Crippen molar-refractivity contribution < 1.29 is 27.4 Å². The molecule has 2 fully saturated rings. The van der Waals surface area contributed by atoms with Crippen LogP contribution in [-0.2, 0) is 4.74 Å². The van der Waals surface area contributed by atoms with Crippen molar-refractivity contribution in [2.75, 3.05) is 0 Å². The van der Waals surface area contributed by atoms with Gasteiger partial charge in [-0.1, -0.05) is 57.4 Å². The molecule has 6 heteroatoms. The molecule has 3 atom stereocenters. The first-order valence-corrected chi connectivity index (χ1v) is 13.1. The van der Waals surface area contributed by atoms with Crippen LogP contribution < -0.4 is 0 Å². The normalized spacial score (nSPS) is 27.2. The number of benzene rings is 2. The molecule has 192 valence electrons. The Bertz CT molecular complexity index is 1020. The van der Waals surface area contributed by atoms with E-state index in [1.165, 1.54) is 24.3 Å². The lowest BCUT2D eigenvalue weighted by molar-refractivity contribution is -0.176. The lowest BCUT2D eigenvalue weighted by atomic mass is 9.77. The average Bonchev–Trinajstić information content (AvgIpc) is 2.85. The van der Waals surface area contributed by atoms with Crippen molar-refractivity contribution >= 4 is 0 Å². The van der Waals surface area contributed by atoms with Crippen LogP contribution in [0.1, 0.15) is 101 Å². The van der Waals surface area contributed by atoms with E-state index in [-0.39, 0.29) is 28.7 Å². The molecule has 0 radical (unpaired) electrons. The molecule has 1 saturated heterocycles. The van der Waals surface area contributed by atoms with Gasteiger partial charge in [-0.05, 0) is 67.9 Å². The second kappa shape index (κ2) is 11.4. The standard InChI is InChI=1S/C29H36F4O2/c1-3-5-17-7-9-18(10-8-17)20-13-14-21(26(31)25(20)30)22-15-16-23(28(33)27(22)32)24-12-11-19(6-4-2)35-29(24)34/h13-19,24,29,34H,3-12H2,1-2H3.